The number of halogens is 1. The van der Waals surface area contributed by atoms with E-state index in [1.807, 2.05) is 6.92 Å². The van der Waals surface area contributed by atoms with Gasteiger partial charge in [-0.3, -0.25) is 14.5 Å². The Bertz CT molecular complexity index is 625. The molecule has 20 heavy (non-hydrogen) atoms. The fourth-order valence-corrected chi connectivity index (χ4v) is 2.12. The number of carbonyl (C=O) groups is 1. The molecule has 106 valence electrons. The van der Waals surface area contributed by atoms with Gasteiger partial charge >= 0.3 is 5.97 Å². The SMILES string of the molecule is CCCC(C(=O)O)c1cnc(-c2cnn(C)c2)c(F)c1. The standard InChI is InChI=1S/C14H16FN3O2/c1-3-4-11(14(19)20)9-5-12(15)13(16-6-9)10-7-17-18(2)8-10/h5-8,11H,3-4H2,1-2H3,(H,19,20). The van der Waals surface area contributed by atoms with Crippen LogP contribution in [0.4, 0.5) is 4.39 Å². The van der Waals surface area contributed by atoms with Crippen molar-refractivity contribution < 1.29 is 14.3 Å². The molecule has 0 aliphatic heterocycles. The van der Waals surface area contributed by atoms with Crippen LogP contribution in [0.1, 0.15) is 31.2 Å². The molecule has 0 saturated carbocycles. The number of rotatable bonds is 5. The molecule has 0 fully saturated rings. The summed E-state index contributed by atoms with van der Waals surface area (Å²) in [7, 11) is 1.73. The molecule has 0 amide bonds. The van der Waals surface area contributed by atoms with Crippen LogP contribution in [0.3, 0.4) is 0 Å². The van der Waals surface area contributed by atoms with E-state index in [2.05, 4.69) is 10.1 Å². The van der Waals surface area contributed by atoms with Gasteiger partial charge in [0.1, 0.15) is 11.5 Å². The van der Waals surface area contributed by atoms with Crippen LogP contribution in [0.15, 0.2) is 24.7 Å². The number of aromatic nitrogens is 3. The van der Waals surface area contributed by atoms with E-state index in [4.69, 9.17) is 0 Å². The van der Waals surface area contributed by atoms with Crippen LogP contribution in [0.2, 0.25) is 0 Å². The van der Waals surface area contributed by atoms with Crippen LogP contribution >= 0.6 is 0 Å². The van der Waals surface area contributed by atoms with Gasteiger partial charge in [-0.05, 0) is 18.1 Å². The van der Waals surface area contributed by atoms with Crippen molar-refractivity contribution in [2.75, 3.05) is 0 Å². The Hall–Kier alpha value is -2.24. The maximum atomic E-state index is 14.1. The Morgan fingerprint density at radius 3 is 2.75 bits per heavy atom. The molecule has 0 bridgehead atoms. The molecule has 6 heteroatoms. The van der Waals surface area contributed by atoms with Crippen LogP contribution in [-0.4, -0.2) is 25.8 Å². The van der Waals surface area contributed by atoms with E-state index >= 15 is 0 Å². The molecular weight excluding hydrogens is 261 g/mol. The summed E-state index contributed by atoms with van der Waals surface area (Å²) in [6.45, 7) is 1.89. The largest absolute Gasteiger partial charge is 0.481 e. The smallest absolute Gasteiger partial charge is 0.311 e. The van der Waals surface area contributed by atoms with Crippen LogP contribution in [-0.2, 0) is 11.8 Å². The first-order valence-electron chi connectivity index (χ1n) is 6.40. The van der Waals surface area contributed by atoms with Gasteiger partial charge in [-0.1, -0.05) is 13.3 Å². The number of carboxylic acids is 1. The molecule has 0 aromatic carbocycles. The lowest BCUT2D eigenvalue weighted by Gasteiger charge is -2.12. The molecule has 2 heterocycles. The molecule has 1 atom stereocenters. The van der Waals surface area contributed by atoms with E-state index in [1.54, 1.807) is 17.9 Å². The molecule has 0 radical (unpaired) electrons. The summed E-state index contributed by atoms with van der Waals surface area (Å²) in [5.41, 5.74) is 1.14. The third kappa shape index (κ3) is 2.84. The number of aliphatic carboxylic acids is 1. The fourth-order valence-electron chi connectivity index (χ4n) is 2.12. The summed E-state index contributed by atoms with van der Waals surface area (Å²) in [4.78, 5) is 15.3. The van der Waals surface area contributed by atoms with Crippen molar-refractivity contribution in [2.45, 2.75) is 25.7 Å². The number of pyridine rings is 1. The average molecular weight is 277 g/mol. The van der Waals surface area contributed by atoms with Crippen LogP contribution in [0, 0.1) is 5.82 Å². The lowest BCUT2D eigenvalue weighted by Crippen LogP contribution is -2.12. The van der Waals surface area contributed by atoms with E-state index in [9.17, 15) is 14.3 Å². The first-order chi connectivity index (χ1) is 9.52. The molecule has 0 aliphatic carbocycles. The number of nitrogens with zero attached hydrogens (tertiary/aromatic N) is 3. The summed E-state index contributed by atoms with van der Waals surface area (Å²) in [6.07, 6.45) is 5.78. The van der Waals surface area contributed by atoms with Crippen molar-refractivity contribution >= 4 is 5.97 Å². The molecule has 1 N–H and O–H groups in total. The van der Waals surface area contributed by atoms with Crippen molar-refractivity contribution in [3.8, 4) is 11.3 Å². The molecule has 0 spiro atoms. The quantitative estimate of drug-likeness (QED) is 0.912. The first-order valence-corrected chi connectivity index (χ1v) is 6.40. The second-order valence-corrected chi connectivity index (χ2v) is 4.68. The Kier molecular flexibility index (Phi) is 4.12. The Morgan fingerprint density at radius 2 is 2.25 bits per heavy atom. The summed E-state index contributed by atoms with van der Waals surface area (Å²) >= 11 is 0. The minimum atomic E-state index is -0.956. The molecular formula is C14H16FN3O2. The van der Waals surface area contributed by atoms with Gasteiger partial charge in [-0.2, -0.15) is 5.10 Å². The highest BCUT2D eigenvalue weighted by Crippen LogP contribution is 2.26. The zero-order chi connectivity index (χ0) is 14.7. The van der Waals surface area contributed by atoms with Crippen molar-refractivity contribution in [3.63, 3.8) is 0 Å². The fraction of sp³-hybridized carbons (Fsp3) is 0.357. The van der Waals surface area contributed by atoms with Crippen molar-refractivity contribution in [3.05, 3.63) is 36.0 Å². The maximum Gasteiger partial charge on any atom is 0.311 e. The van der Waals surface area contributed by atoms with Crippen molar-refractivity contribution in [2.24, 2.45) is 7.05 Å². The van der Waals surface area contributed by atoms with Gasteiger partial charge in [0, 0.05) is 25.0 Å². The molecule has 2 rings (SSSR count). The van der Waals surface area contributed by atoms with Gasteiger partial charge < -0.3 is 5.11 Å². The summed E-state index contributed by atoms with van der Waals surface area (Å²) in [5, 5.41) is 13.1. The molecule has 2 aromatic rings. The van der Waals surface area contributed by atoms with Crippen LogP contribution < -0.4 is 0 Å². The lowest BCUT2D eigenvalue weighted by molar-refractivity contribution is -0.139. The number of hydrogen-bond donors (Lipinski definition) is 1. The van der Waals surface area contributed by atoms with E-state index < -0.39 is 17.7 Å². The zero-order valence-corrected chi connectivity index (χ0v) is 11.4. The van der Waals surface area contributed by atoms with E-state index in [0.717, 1.165) is 0 Å². The highest BCUT2D eigenvalue weighted by atomic mass is 19.1. The summed E-state index contributed by atoms with van der Waals surface area (Å²) in [6, 6.07) is 1.25. The predicted molar refractivity (Wildman–Crippen MR) is 71.7 cm³/mol. The number of aryl methyl sites for hydroxylation is 1. The Labute approximate surface area is 116 Å². The predicted octanol–water partition coefficient (Wildman–Crippen LogP) is 2.59. The summed E-state index contributed by atoms with van der Waals surface area (Å²) < 4.78 is 15.7. The third-order valence-corrected chi connectivity index (χ3v) is 3.12. The van der Waals surface area contributed by atoms with Crippen LogP contribution in [0.5, 0.6) is 0 Å². The van der Waals surface area contributed by atoms with Gasteiger partial charge in [0.05, 0.1) is 12.1 Å². The van der Waals surface area contributed by atoms with Gasteiger partial charge in [-0.15, -0.1) is 0 Å². The van der Waals surface area contributed by atoms with Gasteiger partial charge in [0.25, 0.3) is 0 Å². The van der Waals surface area contributed by atoms with Gasteiger partial charge in [-0.25, -0.2) is 4.39 Å². The van der Waals surface area contributed by atoms with Crippen LogP contribution in [0.25, 0.3) is 11.3 Å². The third-order valence-electron chi connectivity index (χ3n) is 3.12. The Balaban J connectivity index is 2.36. The maximum absolute atomic E-state index is 14.1. The topological polar surface area (TPSA) is 68.0 Å². The van der Waals surface area contributed by atoms with E-state index in [0.29, 0.717) is 24.0 Å². The minimum absolute atomic E-state index is 0.183. The highest BCUT2D eigenvalue weighted by Gasteiger charge is 2.21. The average Bonchev–Trinajstić information content (AvgIpc) is 2.82. The monoisotopic (exact) mass is 277 g/mol. The van der Waals surface area contributed by atoms with E-state index in [-0.39, 0.29) is 5.69 Å². The minimum Gasteiger partial charge on any atom is -0.481 e. The number of hydrogen-bond acceptors (Lipinski definition) is 3. The highest BCUT2D eigenvalue weighted by molar-refractivity contribution is 5.76. The summed E-state index contributed by atoms with van der Waals surface area (Å²) in [5.74, 6) is -2.20. The molecule has 0 saturated heterocycles. The Morgan fingerprint density at radius 1 is 1.50 bits per heavy atom. The van der Waals surface area contributed by atoms with Gasteiger partial charge in [0.15, 0.2) is 0 Å². The molecule has 2 aromatic heterocycles. The lowest BCUT2D eigenvalue weighted by atomic mass is 9.95. The molecule has 5 nitrogen and oxygen atoms in total. The first kappa shape index (κ1) is 14.2. The second kappa shape index (κ2) is 5.81. The molecule has 1 unspecified atom stereocenters. The number of carboxylic acid groups (broad SMARTS) is 1. The molecule has 0 aliphatic rings. The van der Waals surface area contributed by atoms with E-state index in [1.165, 1.54) is 18.5 Å². The van der Waals surface area contributed by atoms with Gasteiger partial charge in [0.2, 0.25) is 0 Å². The van der Waals surface area contributed by atoms with Crippen molar-refractivity contribution in [1.82, 2.24) is 14.8 Å². The van der Waals surface area contributed by atoms with Crippen molar-refractivity contribution in [1.29, 1.82) is 0 Å². The normalized spacial score (nSPS) is 12.3. The second-order valence-electron chi connectivity index (χ2n) is 4.68. The zero-order valence-electron chi connectivity index (χ0n) is 11.4.